The number of nitrogens with zero attached hydrogens (tertiary/aromatic N) is 5. The third-order valence-corrected chi connectivity index (χ3v) is 8.47. The smallest absolute Gasteiger partial charge is 0.481 e. The molecule has 1 aliphatic carbocycles. The van der Waals surface area contributed by atoms with Crippen LogP contribution in [0.25, 0.3) is 5.69 Å². The van der Waals surface area contributed by atoms with Gasteiger partial charge in [0.2, 0.25) is 17.7 Å². The van der Waals surface area contributed by atoms with E-state index < -0.39 is 66.6 Å². The summed E-state index contributed by atoms with van der Waals surface area (Å²) in [5.41, 5.74) is -0.398. The summed E-state index contributed by atoms with van der Waals surface area (Å²) in [7, 11) is 0. The summed E-state index contributed by atoms with van der Waals surface area (Å²) in [6.45, 7) is 1.94. The van der Waals surface area contributed by atoms with Gasteiger partial charge in [-0.25, -0.2) is 18.3 Å². The van der Waals surface area contributed by atoms with Crippen molar-refractivity contribution in [3.63, 3.8) is 0 Å². The fraction of sp³-hybridized carbons (Fsp3) is 0.531. The zero-order valence-corrected chi connectivity index (χ0v) is 27.8. The monoisotopic (exact) mass is 719 g/mol. The molecule has 1 saturated carbocycles. The summed E-state index contributed by atoms with van der Waals surface area (Å²) in [5.74, 6) is -6.03. The van der Waals surface area contributed by atoms with Crippen LogP contribution in [0, 0.1) is 11.6 Å². The fourth-order valence-corrected chi connectivity index (χ4v) is 5.69. The summed E-state index contributed by atoms with van der Waals surface area (Å²) < 4.78 is 39.5. The Morgan fingerprint density at radius 3 is 2.41 bits per heavy atom. The third-order valence-electron chi connectivity index (χ3n) is 8.47. The number of piperazine rings is 1. The van der Waals surface area contributed by atoms with E-state index in [-0.39, 0.29) is 68.4 Å². The lowest BCUT2D eigenvalue weighted by atomic mass is 10.1. The fourth-order valence-electron chi connectivity index (χ4n) is 5.69. The highest BCUT2D eigenvalue weighted by Gasteiger charge is 2.37. The highest BCUT2D eigenvalue weighted by atomic mass is 19.2. The predicted molar refractivity (Wildman–Crippen MR) is 169 cm³/mol. The molecule has 1 aromatic heterocycles. The van der Waals surface area contributed by atoms with Crippen molar-refractivity contribution in [3.8, 4) is 11.6 Å². The number of aliphatic carboxylic acids is 1. The molecule has 3 N–H and O–H groups in total. The minimum atomic E-state index is -1.31. The van der Waals surface area contributed by atoms with Crippen molar-refractivity contribution in [1.29, 1.82) is 0 Å². The average Bonchev–Trinajstić information content (AvgIpc) is 3.58. The number of carbonyl (C=O) groups is 6. The van der Waals surface area contributed by atoms with Crippen LogP contribution in [0.5, 0.6) is 5.88 Å². The zero-order valence-electron chi connectivity index (χ0n) is 27.8. The lowest BCUT2D eigenvalue weighted by Crippen LogP contribution is -2.55. The molecular formula is C32H39F2N7O10. The van der Waals surface area contributed by atoms with Gasteiger partial charge >= 0.3 is 12.1 Å². The van der Waals surface area contributed by atoms with Gasteiger partial charge in [-0.1, -0.05) is 0 Å². The maximum Gasteiger partial charge on any atom is 0.527 e. The second-order valence-corrected chi connectivity index (χ2v) is 12.2. The molecule has 17 nitrogen and oxygen atoms in total. The van der Waals surface area contributed by atoms with Crippen LogP contribution in [0.4, 0.5) is 13.6 Å². The highest BCUT2D eigenvalue weighted by Crippen LogP contribution is 2.25. The Labute approximate surface area is 290 Å². The van der Waals surface area contributed by atoms with Crippen LogP contribution >= 0.6 is 0 Å². The number of carboxylic acid groups (broad SMARTS) is 1. The summed E-state index contributed by atoms with van der Waals surface area (Å²) in [5, 5.41) is 20.2. The quantitative estimate of drug-likeness (QED) is 0.234. The van der Waals surface area contributed by atoms with Gasteiger partial charge in [0, 0.05) is 44.2 Å². The summed E-state index contributed by atoms with van der Waals surface area (Å²) in [6, 6.07) is 2.10. The number of rotatable bonds is 14. The largest absolute Gasteiger partial charge is 0.527 e. The van der Waals surface area contributed by atoms with Gasteiger partial charge < -0.3 is 39.9 Å². The van der Waals surface area contributed by atoms with Crippen molar-refractivity contribution in [3.05, 3.63) is 41.6 Å². The molecule has 4 amide bonds. The van der Waals surface area contributed by atoms with E-state index in [1.807, 2.05) is 0 Å². The average molecular weight is 720 g/mol. The number of halogens is 2. The maximum absolute atomic E-state index is 14.2. The minimum absolute atomic E-state index is 0.0559. The predicted octanol–water partition coefficient (Wildman–Crippen LogP) is 0.994. The molecule has 0 radical (unpaired) electrons. The molecule has 3 aliphatic rings. The Morgan fingerprint density at radius 1 is 1.00 bits per heavy atom. The molecule has 0 bridgehead atoms. The molecule has 3 heterocycles. The van der Waals surface area contributed by atoms with Crippen molar-refractivity contribution in [2.75, 3.05) is 45.9 Å². The van der Waals surface area contributed by atoms with Gasteiger partial charge in [-0.05, 0) is 51.2 Å². The van der Waals surface area contributed by atoms with E-state index in [1.165, 1.54) is 20.9 Å². The Hall–Kier alpha value is -5.33. The molecule has 2 atom stereocenters. The van der Waals surface area contributed by atoms with Crippen molar-refractivity contribution in [2.45, 2.75) is 63.6 Å². The van der Waals surface area contributed by atoms with Crippen LogP contribution in [-0.4, -0.2) is 130 Å². The van der Waals surface area contributed by atoms with Crippen molar-refractivity contribution in [1.82, 2.24) is 35.3 Å². The maximum atomic E-state index is 14.2. The number of carboxylic acids is 1. The third kappa shape index (κ3) is 9.68. The molecular weight excluding hydrogens is 680 g/mol. The van der Waals surface area contributed by atoms with Gasteiger partial charge in [0.15, 0.2) is 23.9 Å². The number of hydrogen-bond donors (Lipinski definition) is 3. The zero-order chi connectivity index (χ0) is 36.7. The Balaban J connectivity index is 1.30. The van der Waals surface area contributed by atoms with E-state index >= 15 is 0 Å². The number of benzene rings is 1. The number of aromatic nitrogens is 2. The molecule has 1 aromatic carbocycles. The summed E-state index contributed by atoms with van der Waals surface area (Å²) >= 11 is 0. The lowest BCUT2D eigenvalue weighted by molar-refractivity contribution is -0.157. The molecule has 19 heteroatoms. The van der Waals surface area contributed by atoms with Crippen LogP contribution < -0.4 is 15.4 Å². The van der Waals surface area contributed by atoms with E-state index in [2.05, 4.69) is 15.7 Å². The van der Waals surface area contributed by atoms with Crippen LogP contribution in [-0.2, 0) is 28.8 Å². The SMILES string of the molecule is CCOC(=O)ON1CCN(C(=O)[C@H](CCC(=O)O)NC(=O)c2cc(OCC(=O)N3CCC[C@H]3C(=O)NC3CC3)n(-c3ccc(F)c(F)c3)n2)CC1. The first-order valence-corrected chi connectivity index (χ1v) is 16.6. The van der Waals surface area contributed by atoms with Crippen LogP contribution in [0.15, 0.2) is 24.3 Å². The van der Waals surface area contributed by atoms with E-state index in [0.717, 1.165) is 35.7 Å². The number of nitrogens with one attached hydrogen (secondary N) is 2. The molecule has 276 valence electrons. The van der Waals surface area contributed by atoms with Crippen LogP contribution in [0.3, 0.4) is 0 Å². The second kappa shape index (κ2) is 16.6. The number of carbonyl (C=O) groups excluding carboxylic acids is 5. The first-order chi connectivity index (χ1) is 24.4. The second-order valence-electron chi connectivity index (χ2n) is 12.2. The molecule has 2 aromatic rings. The van der Waals surface area contributed by atoms with Gasteiger partial charge in [0.05, 0.1) is 25.4 Å². The van der Waals surface area contributed by atoms with Gasteiger partial charge in [-0.2, -0.15) is 5.10 Å². The van der Waals surface area contributed by atoms with Crippen molar-refractivity contribution < 1.29 is 57.0 Å². The number of hydroxylamine groups is 2. The van der Waals surface area contributed by atoms with E-state index in [9.17, 15) is 42.7 Å². The summed E-state index contributed by atoms with van der Waals surface area (Å²) in [6.07, 6.45) is 1.25. The van der Waals surface area contributed by atoms with Gasteiger partial charge in [0.25, 0.3) is 11.8 Å². The van der Waals surface area contributed by atoms with E-state index in [1.54, 1.807) is 6.92 Å². The Morgan fingerprint density at radius 2 is 1.75 bits per heavy atom. The van der Waals surface area contributed by atoms with Crippen molar-refractivity contribution in [2.24, 2.45) is 0 Å². The van der Waals surface area contributed by atoms with E-state index in [0.29, 0.717) is 19.4 Å². The Bertz CT molecular complexity index is 1640. The number of hydrogen-bond acceptors (Lipinski definition) is 11. The lowest BCUT2D eigenvalue weighted by Gasteiger charge is -2.35. The molecule has 2 saturated heterocycles. The van der Waals surface area contributed by atoms with Gasteiger partial charge in [-0.3, -0.25) is 24.0 Å². The molecule has 0 unspecified atom stereocenters. The molecule has 0 spiro atoms. The van der Waals surface area contributed by atoms with Gasteiger partial charge in [-0.15, -0.1) is 5.06 Å². The number of ether oxygens (including phenoxy) is 2. The summed E-state index contributed by atoms with van der Waals surface area (Å²) in [4.78, 5) is 83.8. The highest BCUT2D eigenvalue weighted by molar-refractivity contribution is 5.96. The van der Waals surface area contributed by atoms with Crippen LogP contribution in [0.2, 0.25) is 0 Å². The van der Waals surface area contributed by atoms with E-state index in [4.69, 9.17) is 14.3 Å². The molecule has 3 fully saturated rings. The van der Waals surface area contributed by atoms with Crippen molar-refractivity contribution >= 4 is 35.8 Å². The Kier molecular flexibility index (Phi) is 12.0. The molecule has 51 heavy (non-hydrogen) atoms. The molecule has 5 rings (SSSR count). The first-order valence-electron chi connectivity index (χ1n) is 16.6. The van der Waals surface area contributed by atoms with Crippen LogP contribution in [0.1, 0.15) is 55.9 Å². The first kappa shape index (κ1) is 36.9. The normalized spacial score (nSPS) is 18.1. The number of amides is 4. The standard InChI is InChI=1S/C32H39F2N7O10/c1-2-49-32(48)51-39-14-12-38(13-15-39)31(47)23(9-10-28(43)44)36-29(45)24-17-27(41(37-24)20-7-8-21(33)22(34)16-20)50-18-26(42)40-11-3-4-25(40)30(46)35-19-5-6-19/h7-8,16-17,19,23,25H,2-6,9-15,18H2,1H3,(H,35,46)(H,36,45)(H,43,44)/t23-,25-/m0/s1. The van der Waals surface area contributed by atoms with Gasteiger partial charge in [0.1, 0.15) is 12.1 Å². The number of likely N-dealkylation sites (tertiary alicyclic amines) is 1. The molecule has 2 aliphatic heterocycles. The minimum Gasteiger partial charge on any atom is -0.481 e. The topological polar surface area (TPSA) is 202 Å².